The first-order valence-electron chi connectivity index (χ1n) is 7.49. The first kappa shape index (κ1) is 16.3. The van der Waals surface area contributed by atoms with Gasteiger partial charge in [-0.05, 0) is 36.8 Å². The molecule has 0 fully saturated rings. The largest absolute Gasteiger partial charge is 0.272 e. The number of carbonyl (C=O) groups is 1. The van der Waals surface area contributed by atoms with Crippen molar-refractivity contribution in [2.24, 2.45) is 5.10 Å². The maximum absolute atomic E-state index is 12.4. The molecule has 0 aliphatic heterocycles. The van der Waals surface area contributed by atoms with Gasteiger partial charge in [-0.25, -0.2) is 5.43 Å². The Kier molecular flexibility index (Phi) is 4.47. The van der Waals surface area contributed by atoms with Gasteiger partial charge in [-0.3, -0.25) is 19.9 Å². The Hall–Kier alpha value is -3.61. The van der Waals surface area contributed by atoms with Crippen LogP contribution in [0.5, 0.6) is 0 Å². The van der Waals surface area contributed by atoms with Crippen LogP contribution in [0.4, 0.5) is 5.69 Å². The van der Waals surface area contributed by atoms with E-state index in [0.29, 0.717) is 11.1 Å². The van der Waals surface area contributed by atoms with Crippen LogP contribution in [0, 0.1) is 17.0 Å². The Balaban J connectivity index is 1.78. The smallest absolute Gasteiger partial charge is 0.267 e. The molecule has 3 rings (SSSR count). The SMILES string of the molecule is Cc1cc(C(=O)N/N=C\c2ccc([N+](=O)[O-])cc2)c2ccccc2n1. The van der Waals surface area contributed by atoms with E-state index < -0.39 is 4.92 Å². The lowest BCUT2D eigenvalue weighted by Crippen LogP contribution is -2.18. The van der Waals surface area contributed by atoms with E-state index >= 15 is 0 Å². The Morgan fingerprint density at radius 1 is 1.20 bits per heavy atom. The number of hydrazone groups is 1. The number of nitrogens with one attached hydrogen (secondary N) is 1. The number of fused-ring (bicyclic) bond motifs is 1. The lowest BCUT2D eigenvalue weighted by Gasteiger charge is -2.06. The summed E-state index contributed by atoms with van der Waals surface area (Å²) in [5.74, 6) is -0.347. The third-order valence-electron chi connectivity index (χ3n) is 3.57. The molecule has 0 atom stereocenters. The molecule has 0 spiro atoms. The van der Waals surface area contributed by atoms with Crippen molar-refractivity contribution in [3.63, 3.8) is 0 Å². The predicted molar refractivity (Wildman–Crippen MR) is 94.6 cm³/mol. The van der Waals surface area contributed by atoms with E-state index in [1.54, 1.807) is 18.2 Å². The lowest BCUT2D eigenvalue weighted by atomic mass is 10.1. The number of nitro groups is 1. The molecular formula is C18H14N4O3. The molecule has 3 aromatic rings. The van der Waals surface area contributed by atoms with Gasteiger partial charge in [0.05, 0.1) is 22.2 Å². The van der Waals surface area contributed by atoms with Gasteiger partial charge < -0.3 is 0 Å². The van der Waals surface area contributed by atoms with Crippen molar-refractivity contribution in [3.8, 4) is 0 Å². The van der Waals surface area contributed by atoms with Gasteiger partial charge in [0.1, 0.15) is 0 Å². The van der Waals surface area contributed by atoms with Gasteiger partial charge in [0.25, 0.3) is 11.6 Å². The number of aromatic nitrogens is 1. The summed E-state index contributed by atoms with van der Waals surface area (Å²) in [6.07, 6.45) is 1.43. The molecule has 0 aliphatic carbocycles. The number of aryl methyl sites for hydroxylation is 1. The Morgan fingerprint density at radius 3 is 2.64 bits per heavy atom. The summed E-state index contributed by atoms with van der Waals surface area (Å²) in [5.41, 5.74) is 5.08. The van der Waals surface area contributed by atoms with E-state index in [-0.39, 0.29) is 11.6 Å². The number of para-hydroxylation sites is 1. The number of carbonyl (C=O) groups excluding carboxylic acids is 1. The number of hydrogen-bond donors (Lipinski definition) is 1. The van der Waals surface area contributed by atoms with E-state index in [2.05, 4.69) is 15.5 Å². The van der Waals surface area contributed by atoms with Gasteiger partial charge in [-0.2, -0.15) is 5.10 Å². The highest BCUT2D eigenvalue weighted by Crippen LogP contribution is 2.18. The highest BCUT2D eigenvalue weighted by molar-refractivity contribution is 6.06. The molecule has 0 aliphatic rings. The van der Waals surface area contributed by atoms with Gasteiger partial charge >= 0.3 is 0 Å². The van der Waals surface area contributed by atoms with Gasteiger partial charge in [-0.1, -0.05) is 18.2 Å². The van der Waals surface area contributed by atoms with Crippen LogP contribution in [0.15, 0.2) is 59.7 Å². The molecular weight excluding hydrogens is 320 g/mol. The van der Waals surface area contributed by atoms with E-state index in [1.807, 2.05) is 31.2 Å². The van der Waals surface area contributed by atoms with Gasteiger partial charge in [0, 0.05) is 23.2 Å². The Bertz CT molecular complexity index is 981. The normalized spacial score (nSPS) is 10.9. The molecule has 1 N–H and O–H groups in total. The summed E-state index contributed by atoms with van der Waals surface area (Å²) in [4.78, 5) is 26.9. The molecule has 2 aromatic carbocycles. The number of amides is 1. The minimum atomic E-state index is -0.473. The summed E-state index contributed by atoms with van der Waals surface area (Å²) in [7, 11) is 0. The van der Waals surface area contributed by atoms with Crippen LogP contribution >= 0.6 is 0 Å². The van der Waals surface area contributed by atoms with Crippen molar-refractivity contribution in [2.45, 2.75) is 6.92 Å². The number of pyridine rings is 1. The minimum absolute atomic E-state index is 0.0000776. The lowest BCUT2D eigenvalue weighted by molar-refractivity contribution is -0.384. The second-order valence-corrected chi connectivity index (χ2v) is 5.38. The van der Waals surface area contributed by atoms with Crippen LogP contribution in [0.3, 0.4) is 0 Å². The number of rotatable bonds is 4. The quantitative estimate of drug-likeness (QED) is 0.450. The standard InChI is InChI=1S/C18H14N4O3/c1-12-10-16(15-4-2-3-5-17(15)20-12)18(23)21-19-11-13-6-8-14(9-7-13)22(24)25/h2-11H,1H3,(H,21,23)/b19-11-. The van der Waals surface area contributed by atoms with Crippen molar-refractivity contribution in [1.29, 1.82) is 0 Å². The van der Waals surface area contributed by atoms with Crippen LogP contribution in [0.2, 0.25) is 0 Å². The summed E-state index contributed by atoms with van der Waals surface area (Å²) in [6.45, 7) is 1.82. The molecule has 1 amide bonds. The van der Waals surface area contributed by atoms with Gasteiger partial charge in [0.2, 0.25) is 0 Å². The second-order valence-electron chi connectivity index (χ2n) is 5.38. The van der Waals surface area contributed by atoms with Crippen molar-refractivity contribution >= 4 is 28.7 Å². The third-order valence-corrected chi connectivity index (χ3v) is 3.57. The predicted octanol–water partition coefficient (Wildman–Crippen LogP) is 3.22. The molecule has 0 saturated heterocycles. The molecule has 7 heteroatoms. The number of nitro benzene ring substituents is 1. The molecule has 0 saturated carbocycles. The van der Waals surface area contributed by atoms with Crippen LogP contribution < -0.4 is 5.43 Å². The first-order chi connectivity index (χ1) is 12.0. The highest BCUT2D eigenvalue weighted by atomic mass is 16.6. The average molecular weight is 334 g/mol. The highest BCUT2D eigenvalue weighted by Gasteiger charge is 2.11. The second kappa shape index (κ2) is 6.88. The van der Waals surface area contributed by atoms with E-state index in [4.69, 9.17) is 0 Å². The molecule has 0 radical (unpaired) electrons. The molecule has 124 valence electrons. The topological polar surface area (TPSA) is 97.5 Å². The maximum atomic E-state index is 12.4. The monoisotopic (exact) mass is 334 g/mol. The zero-order chi connectivity index (χ0) is 17.8. The fraction of sp³-hybridized carbons (Fsp3) is 0.0556. The van der Waals surface area contributed by atoms with E-state index in [1.165, 1.54) is 18.3 Å². The Morgan fingerprint density at radius 2 is 1.92 bits per heavy atom. The van der Waals surface area contributed by atoms with Gasteiger partial charge in [0.15, 0.2) is 0 Å². The summed E-state index contributed by atoms with van der Waals surface area (Å²) >= 11 is 0. The maximum Gasteiger partial charge on any atom is 0.272 e. The minimum Gasteiger partial charge on any atom is -0.267 e. The number of benzene rings is 2. The molecule has 0 unspecified atom stereocenters. The van der Waals surface area contributed by atoms with E-state index in [9.17, 15) is 14.9 Å². The zero-order valence-corrected chi connectivity index (χ0v) is 13.3. The number of non-ortho nitro benzene ring substituents is 1. The Labute approximate surface area is 143 Å². The van der Waals surface area contributed by atoms with Crippen molar-refractivity contribution in [1.82, 2.24) is 10.4 Å². The van der Waals surface area contributed by atoms with Crippen LogP contribution in [-0.4, -0.2) is 22.0 Å². The summed E-state index contributed by atoms with van der Waals surface area (Å²) in [6, 6.07) is 15.0. The fourth-order valence-electron chi connectivity index (χ4n) is 2.40. The summed E-state index contributed by atoms with van der Waals surface area (Å²) < 4.78 is 0. The first-order valence-corrected chi connectivity index (χ1v) is 7.49. The molecule has 1 aromatic heterocycles. The van der Waals surface area contributed by atoms with Crippen LogP contribution in [0.1, 0.15) is 21.6 Å². The number of hydrogen-bond acceptors (Lipinski definition) is 5. The van der Waals surface area contributed by atoms with Crippen molar-refractivity contribution in [3.05, 3.63) is 81.5 Å². The number of nitrogens with zero attached hydrogens (tertiary/aromatic N) is 3. The fourth-order valence-corrected chi connectivity index (χ4v) is 2.40. The summed E-state index contributed by atoms with van der Waals surface area (Å²) in [5, 5.41) is 15.3. The van der Waals surface area contributed by atoms with Gasteiger partial charge in [-0.15, -0.1) is 0 Å². The van der Waals surface area contributed by atoms with Crippen molar-refractivity contribution < 1.29 is 9.72 Å². The van der Waals surface area contributed by atoms with E-state index in [0.717, 1.165) is 16.6 Å². The van der Waals surface area contributed by atoms with Crippen LogP contribution in [0.25, 0.3) is 10.9 Å². The molecule has 0 bridgehead atoms. The van der Waals surface area contributed by atoms with Crippen LogP contribution in [-0.2, 0) is 0 Å². The molecule has 1 heterocycles. The van der Waals surface area contributed by atoms with Crippen molar-refractivity contribution in [2.75, 3.05) is 0 Å². The zero-order valence-electron chi connectivity index (χ0n) is 13.3. The molecule has 25 heavy (non-hydrogen) atoms. The molecule has 7 nitrogen and oxygen atoms in total. The average Bonchev–Trinajstić information content (AvgIpc) is 2.61. The third kappa shape index (κ3) is 3.66.